The molecule has 0 aliphatic carbocycles. The summed E-state index contributed by atoms with van der Waals surface area (Å²) < 4.78 is 4.93. The van der Waals surface area contributed by atoms with Crippen LogP contribution in [-0.4, -0.2) is 35.1 Å². The van der Waals surface area contributed by atoms with E-state index in [1.165, 1.54) is 17.8 Å². The van der Waals surface area contributed by atoms with Crippen LogP contribution in [0.4, 0.5) is 5.69 Å². The van der Waals surface area contributed by atoms with Crippen LogP contribution in [0.2, 0.25) is 0 Å². The molecule has 0 atom stereocenters. The fourth-order valence-electron chi connectivity index (χ4n) is 2.58. The number of hydrogen-bond donors (Lipinski definition) is 0. The minimum atomic E-state index is -0.516. The summed E-state index contributed by atoms with van der Waals surface area (Å²) in [5, 5.41) is 0.567. The standard InChI is InChI=1S/C21H20N2O3S/c1-2-26-19(24)15-18-20(25)23(14-13-16-9-5-3-6-10-16)21(27-18)22-17-11-7-4-8-12-17/h3-12,15H,2,13-14H2,1H3/b18-15-,22-21?. The number of carbonyl (C=O) groups is 2. The summed E-state index contributed by atoms with van der Waals surface area (Å²) in [6.45, 7) is 2.49. The lowest BCUT2D eigenvalue weighted by Crippen LogP contribution is -2.31. The first-order valence-electron chi connectivity index (χ1n) is 8.73. The van der Waals surface area contributed by atoms with Gasteiger partial charge < -0.3 is 4.74 Å². The van der Waals surface area contributed by atoms with Gasteiger partial charge >= 0.3 is 5.97 Å². The number of carbonyl (C=O) groups excluding carboxylic acids is 2. The molecule has 0 spiro atoms. The maximum Gasteiger partial charge on any atom is 0.332 e. The van der Waals surface area contributed by atoms with E-state index in [0.717, 1.165) is 11.3 Å². The Kier molecular flexibility index (Phi) is 6.44. The molecule has 6 heteroatoms. The Morgan fingerprint density at radius 3 is 2.44 bits per heavy atom. The van der Waals surface area contributed by atoms with Crippen molar-refractivity contribution in [1.29, 1.82) is 0 Å². The Labute approximate surface area is 162 Å². The lowest BCUT2D eigenvalue weighted by molar-refractivity contribution is -0.137. The maximum absolute atomic E-state index is 12.8. The number of ether oxygens (including phenoxy) is 1. The molecule has 27 heavy (non-hydrogen) atoms. The zero-order chi connectivity index (χ0) is 19.1. The number of aliphatic imine (C=N–C) groups is 1. The fourth-order valence-corrected chi connectivity index (χ4v) is 3.56. The van der Waals surface area contributed by atoms with E-state index in [1.54, 1.807) is 11.8 Å². The number of esters is 1. The number of rotatable bonds is 6. The molecule has 1 aliphatic heterocycles. The minimum absolute atomic E-state index is 0.223. The fraction of sp³-hybridized carbons (Fsp3) is 0.190. The molecule has 1 heterocycles. The summed E-state index contributed by atoms with van der Waals surface area (Å²) in [5.41, 5.74) is 1.90. The van der Waals surface area contributed by atoms with Crippen LogP contribution in [0.15, 0.2) is 76.6 Å². The molecule has 2 aromatic carbocycles. The summed E-state index contributed by atoms with van der Waals surface area (Å²) in [6, 6.07) is 19.4. The molecular weight excluding hydrogens is 360 g/mol. The number of thioether (sulfide) groups is 1. The molecular formula is C21H20N2O3S. The first-order valence-corrected chi connectivity index (χ1v) is 9.55. The highest BCUT2D eigenvalue weighted by Crippen LogP contribution is 2.32. The van der Waals surface area contributed by atoms with Crippen LogP contribution < -0.4 is 0 Å². The van der Waals surface area contributed by atoms with Crippen LogP contribution in [0, 0.1) is 0 Å². The van der Waals surface area contributed by atoms with E-state index in [0.29, 0.717) is 23.0 Å². The number of hydrogen-bond acceptors (Lipinski definition) is 5. The quantitative estimate of drug-likeness (QED) is 0.563. The summed E-state index contributed by atoms with van der Waals surface area (Å²) in [6.07, 6.45) is 1.95. The van der Waals surface area contributed by atoms with Gasteiger partial charge in [0.1, 0.15) is 0 Å². The molecule has 138 valence electrons. The Balaban J connectivity index is 1.84. The number of amides is 1. The van der Waals surface area contributed by atoms with E-state index < -0.39 is 5.97 Å². The van der Waals surface area contributed by atoms with Crippen molar-refractivity contribution in [2.24, 2.45) is 4.99 Å². The highest BCUT2D eigenvalue weighted by Gasteiger charge is 2.33. The van der Waals surface area contributed by atoms with Gasteiger partial charge in [0.05, 0.1) is 17.2 Å². The largest absolute Gasteiger partial charge is 0.463 e. The molecule has 0 aromatic heterocycles. The summed E-state index contributed by atoms with van der Waals surface area (Å²) in [7, 11) is 0. The molecule has 0 saturated carbocycles. The second kappa shape index (κ2) is 9.19. The molecule has 3 rings (SSSR count). The second-order valence-electron chi connectivity index (χ2n) is 5.79. The highest BCUT2D eigenvalue weighted by atomic mass is 32.2. The maximum atomic E-state index is 12.8. The van der Waals surface area contributed by atoms with Gasteiger partial charge in [0.25, 0.3) is 5.91 Å². The highest BCUT2D eigenvalue weighted by molar-refractivity contribution is 8.18. The molecule has 1 saturated heterocycles. The number of amidine groups is 1. The van der Waals surface area contributed by atoms with Crippen molar-refractivity contribution in [1.82, 2.24) is 4.90 Å². The van der Waals surface area contributed by atoms with Crippen molar-refractivity contribution in [2.45, 2.75) is 13.3 Å². The lowest BCUT2D eigenvalue weighted by atomic mass is 10.1. The van der Waals surface area contributed by atoms with Crippen LogP contribution in [0.1, 0.15) is 12.5 Å². The Morgan fingerprint density at radius 1 is 1.11 bits per heavy atom. The second-order valence-corrected chi connectivity index (χ2v) is 6.79. The Hall–Kier alpha value is -2.86. The molecule has 2 aromatic rings. The first-order chi connectivity index (χ1) is 13.2. The first kappa shape index (κ1) is 18.9. The monoisotopic (exact) mass is 380 g/mol. The topological polar surface area (TPSA) is 59.0 Å². The van der Waals surface area contributed by atoms with Crippen molar-refractivity contribution in [3.05, 3.63) is 77.2 Å². The van der Waals surface area contributed by atoms with Crippen molar-refractivity contribution in [3.63, 3.8) is 0 Å². The van der Waals surface area contributed by atoms with Crippen LogP contribution in [0.3, 0.4) is 0 Å². The zero-order valence-electron chi connectivity index (χ0n) is 15.0. The van der Waals surface area contributed by atoms with E-state index in [9.17, 15) is 9.59 Å². The smallest absolute Gasteiger partial charge is 0.332 e. The predicted molar refractivity (Wildman–Crippen MR) is 108 cm³/mol. The van der Waals surface area contributed by atoms with Gasteiger partial charge in [-0.3, -0.25) is 9.69 Å². The molecule has 0 unspecified atom stereocenters. The van der Waals surface area contributed by atoms with Crippen molar-refractivity contribution in [2.75, 3.05) is 13.2 Å². The van der Waals surface area contributed by atoms with Gasteiger partial charge in [-0.2, -0.15) is 0 Å². The number of nitrogens with zero attached hydrogens (tertiary/aromatic N) is 2. The Morgan fingerprint density at radius 2 is 1.78 bits per heavy atom. The summed E-state index contributed by atoms with van der Waals surface area (Å²) in [4.78, 5) is 31.1. The number of benzene rings is 2. The third-order valence-electron chi connectivity index (χ3n) is 3.87. The lowest BCUT2D eigenvalue weighted by Gasteiger charge is -2.15. The van der Waals surface area contributed by atoms with Gasteiger partial charge in [-0.05, 0) is 42.8 Å². The molecule has 0 bridgehead atoms. The van der Waals surface area contributed by atoms with E-state index in [1.807, 2.05) is 60.7 Å². The van der Waals surface area contributed by atoms with Crippen LogP contribution in [0.5, 0.6) is 0 Å². The van der Waals surface area contributed by atoms with Gasteiger partial charge in [-0.25, -0.2) is 9.79 Å². The van der Waals surface area contributed by atoms with Crippen molar-refractivity contribution in [3.8, 4) is 0 Å². The van der Waals surface area contributed by atoms with Gasteiger partial charge in [-0.1, -0.05) is 48.5 Å². The third-order valence-corrected chi connectivity index (χ3v) is 4.88. The molecule has 1 aliphatic rings. The van der Waals surface area contributed by atoms with Crippen LogP contribution in [0.25, 0.3) is 0 Å². The van der Waals surface area contributed by atoms with Crippen LogP contribution >= 0.6 is 11.8 Å². The van der Waals surface area contributed by atoms with Gasteiger partial charge in [0.2, 0.25) is 0 Å². The molecule has 0 radical (unpaired) electrons. The Bertz CT molecular complexity index is 864. The van der Waals surface area contributed by atoms with E-state index in [2.05, 4.69) is 4.99 Å². The summed E-state index contributed by atoms with van der Waals surface area (Å²) in [5.74, 6) is -0.740. The molecule has 0 N–H and O–H groups in total. The molecule has 1 amide bonds. The van der Waals surface area contributed by atoms with Crippen molar-refractivity contribution < 1.29 is 14.3 Å². The third kappa shape index (κ3) is 5.08. The average molecular weight is 380 g/mol. The SMILES string of the molecule is CCOC(=O)/C=C1\SC(=Nc2ccccc2)N(CCc2ccccc2)C1=O. The van der Waals surface area contributed by atoms with E-state index in [-0.39, 0.29) is 12.5 Å². The normalized spacial score (nSPS) is 16.9. The van der Waals surface area contributed by atoms with E-state index in [4.69, 9.17) is 4.74 Å². The van der Waals surface area contributed by atoms with Gasteiger partial charge in [0.15, 0.2) is 5.17 Å². The van der Waals surface area contributed by atoms with Crippen molar-refractivity contribution >= 4 is 34.5 Å². The zero-order valence-corrected chi connectivity index (χ0v) is 15.8. The molecule has 5 nitrogen and oxygen atoms in total. The average Bonchev–Trinajstić information content (AvgIpc) is 2.96. The predicted octanol–water partition coefficient (Wildman–Crippen LogP) is 3.94. The number of para-hydroxylation sites is 1. The van der Waals surface area contributed by atoms with Gasteiger partial charge in [0, 0.05) is 12.6 Å². The van der Waals surface area contributed by atoms with Gasteiger partial charge in [-0.15, -0.1) is 0 Å². The van der Waals surface area contributed by atoms with E-state index >= 15 is 0 Å². The van der Waals surface area contributed by atoms with Crippen LogP contribution in [-0.2, 0) is 20.7 Å². The summed E-state index contributed by atoms with van der Waals surface area (Å²) >= 11 is 1.20. The molecule has 1 fully saturated rings. The minimum Gasteiger partial charge on any atom is -0.463 e.